The summed E-state index contributed by atoms with van der Waals surface area (Å²) in [5.74, 6) is 1.22. The molecule has 1 unspecified atom stereocenters. The minimum Gasteiger partial charge on any atom is -0.369 e. The molecule has 0 amide bonds. The van der Waals surface area contributed by atoms with Crippen molar-refractivity contribution in [3.05, 3.63) is 53.0 Å². The topological polar surface area (TPSA) is 93.4 Å². The quantitative estimate of drug-likeness (QED) is 0.599. The summed E-state index contributed by atoms with van der Waals surface area (Å²) in [5.41, 5.74) is 3.93. The molecular weight excluding hydrogens is 395 g/mol. The van der Waals surface area contributed by atoms with Gasteiger partial charge in [-0.05, 0) is 31.4 Å². The normalized spacial score (nSPS) is 15.9. The molecule has 3 aromatic rings. The lowest BCUT2D eigenvalue weighted by atomic mass is 9.76. The Labute approximate surface area is 181 Å². The van der Waals surface area contributed by atoms with Crippen molar-refractivity contribution in [1.82, 2.24) is 29.9 Å². The van der Waals surface area contributed by atoms with Crippen LogP contribution in [0, 0.1) is 5.82 Å². The fraction of sp³-hybridized carbons (Fsp3) is 0.500. The van der Waals surface area contributed by atoms with Crippen LogP contribution in [0.25, 0.3) is 0 Å². The van der Waals surface area contributed by atoms with Gasteiger partial charge in [-0.3, -0.25) is 4.98 Å². The summed E-state index contributed by atoms with van der Waals surface area (Å²) in [6.07, 6.45) is 6.14. The highest BCUT2D eigenvalue weighted by Crippen LogP contribution is 2.38. The van der Waals surface area contributed by atoms with Crippen LogP contribution in [0.3, 0.4) is 0 Å². The van der Waals surface area contributed by atoms with E-state index in [0.29, 0.717) is 19.0 Å². The Morgan fingerprint density at radius 2 is 2.03 bits per heavy atom. The number of hydrogen-bond acceptors (Lipinski definition) is 7. The Hall–Kier alpha value is -3.10. The van der Waals surface area contributed by atoms with Crippen LogP contribution in [0.2, 0.25) is 0 Å². The summed E-state index contributed by atoms with van der Waals surface area (Å²) >= 11 is 0. The predicted molar refractivity (Wildman–Crippen MR) is 117 cm³/mol. The van der Waals surface area contributed by atoms with E-state index in [1.54, 1.807) is 19.3 Å². The van der Waals surface area contributed by atoms with Gasteiger partial charge in [0.05, 0.1) is 24.6 Å². The highest BCUT2D eigenvalue weighted by Gasteiger charge is 2.32. The van der Waals surface area contributed by atoms with Gasteiger partial charge in [-0.2, -0.15) is 20.0 Å². The molecule has 3 heterocycles. The summed E-state index contributed by atoms with van der Waals surface area (Å²) in [7, 11) is 1.79. The zero-order chi connectivity index (χ0) is 22.0. The van der Waals surface area contributed by atoms with E-state index in [1.807, 2.05) is 0 Å². The molecule has 0 aliphatic heterocycles. The van der Waals surface area contributed by atoms with E-state index in [0.717, 1.165) is 42.2 Å². The first-order chi connectivity index (χ1) is 14.8. The molecule has 3 aromatic heterocycles. The van der Waals surface area contributed by atoms with Crippen LogP contribution in [0.15, 0.2) is 24.5 Å². The lowest BCUT2D eigenvalue weighted by Gasteiger charge is -2.32. The van der Waals surface area contributed by atoms with Crippen LogP contribution < -0.4 is 10.6 Å². The number of pyridine rings is 1. The summed E-state index contributed by atoms with van der Waals surface area (Å²) in [6, 6.07) is 3.18. The van der Waals surface area contributed by atoms with E-state index in [2.05, 4.69) is 46.6 Å². The summed E-state index contributed by atoms with van der Waals surface area (Å²) in [5, 5.41) is 15.2. The molecule has 8 nitrogen and oxygen atoms in total. The standard InChI is InChI=1S/C22H29FN8/c1-14(18-8-7-15(23)11-24-18)10-25-20-17-6-5-9-22(2,3)19(17)28-21(29-20)26-12-16-13-27-31(4)30-16/h7-8,11,13-14H,5-6,9-10,12H2,1-4H3,(H2,25,26,28,29). The summed E-state index contributed by atoms with van der Waals surface area (Å²) in [4.78, 5) is 15.4. The number of hydrogen-bond donors (Lipinski definition) is 2. The minimum absolute atomic E-state index is 0.0138. The number of aromatic nitrogens is 6. The van der Waals surface area contributed by atoms with Crippen molar-refractivity contribution in [3.63, 3.8) is 0 Å². The molecule has 1 aliphatic carbocycles. The molecule has 0 spiro atoms. The van der Waals surface area contributed by atoms with Crippen LogP contribution in [-0.4, -0.2) is 36.5 Å². The van der Waals surface area contributed by atoms with Gasteiger partial charge in [-0.15, -0.1) is 0 Å². The predicted octanol–water partition coefficient (Wildman–Crippen LogP) is 3.58. The second-order valence-corrected chi connectivity index (χ2v) is 8.82. The second kappa shape index (κ2) is 8.56. The largest absolute Gasteiger partial charge is 0.369 e. The number of anilines is 2. The third kappa shape index (κ3) is 4.81. The highest BCUT2D eigenvalue weighted by molar-refractivity contribution is 5.53. The molecule has 1 atom stereocenters. The maximum atomic E-state index is 13.2. The van der Waals surface area contributed by atoms with Crippen LogP contribution in [0.1, 0.15) is 62.2 Å². The van der Waals surface area contributed by atoms with E-state index in [4.69, 9.17) is 9.97 Å². The maximum Gasteiger partial charge on any atom is 0.225 e. The second-order valence-electron chi connectivity index (χ2n) is 8.82. The van der Waals surface area contributed by atoms with Crippen molar-refractivity contribution < 1.29 is 4.39 Å². The van der Waals surface area contributed by atoms with Crippen LogP contribution >= 0.6 is 0 Å². The molecule has 2 N–H and O–H groups in total. The van der Waals surface area contributed by atoms with E-state index in [9.17, 15) is 4.39 Å². The van der Waals surface area contributed by atoms with Gasteiger partial charge in [0.1, 0.15) is 17.3 Å². The third-order valence-electron chi connectivity index (χ3n) is 5.78. The first kappa shape index (κ1) is 21.1. The van der Waals surface area contributed by atoms with Gasteiger partial charge >= 0.3 is 0 Å². The van der Waals surface area contributed by atoms with E-state index in [-0.39, 0.29) is 17.2 Å². The third-order valence-corrected chi connectivity index (χ3v) is 5.78. The Balaban J connectivity index is 1.56. The smallest absolute Gasteiger partial charge is 0.225 e. The van der Waals surface area contributed by atoms with Crippen molar-refractivity contribution in [1.29, 1.82) is 0 Å². The molecule has 0 bridgehead atoms. The summed E-state index contributed by atoms with van der Waals surface area (Å²) in [6.45, 7) is 7.69. The van der Waals surface area contributed by atoms with Crippen molar-refractivity contribution in [2.45, 2.75) is 57.9 Å². The van der Waals surface area contributed by atoms with Gasteiger partial charge in [0, 0.05) is 36.2 Å². The number of aryl methyl sites for hydroxylation is 1. The number of fused-ring (bicyclic) bond motifs is 1. The van der Waals surface area contributed by atoms with Gasteiger partial charge < -0.3 is 10.6 Å². The van der Waals surface area contributed by atoms with Crippen LogP contribution in [0.4, 0.5) is 16.2 Å². The van der Waals surface area contributed by atoms with E-state index < -0.39 is 0 Å². The first-order valence-electron chi connectivity index (χ1n) is 10.7. The minimum atomic E-state index is -0.324. The van der Waals surface area contributed by atoms with Gasteiger partial charge in [-0.1, -0.05) is 20.8 Å². The van der Waals surface area contributed by atoms with Gasteiger partial charge in [0.15, 0.2) is 0 Å². The molecule has 1 aliphatic rings. The fourth-order valence-corrected chi connectivity index (χ4v) is 4.00. The van der Waals surface area contributed by atoms with Crippen molar-refractivity contribution >= 4 is 11.8 Å². The van der Waals surface area contributed by atoms with Gasteiger partial charge in [-0.25, -0.2) is 9.37 Å². The highest BCUT2D eigenvalue weighted by atomic mass is 19.1. The molecule has 0 aromatic carbocycles. The molecular formula is C22H29FN8. The van der Waals surface area contributed by atoms with Crippen molar-refractivity contribution in [2.24, 2.45) is 7.05 Å². The zero-order valence-corrected chi connectivity index (χ0v) is 18.5. The summed E-state index contributed by atoms with van der Waals surface area (Å²) < 4.78 is 13.2. The Kier molecular flexibility index (Phi) is 5.84. The zero-order valence-electron chi connectivity index (χ0n) is 18.5. The molecule has 0 saturated carbocycles. The number of nitrogens with zero attached hydrogens (tertiary/aromatic N) is 6. The number of rotatable bonds is 7. The Bertz CT molecular complexity index is 1040. The molecule has 0 radical (unpaired) electrons. The van der Waals surface area contributed by atoms with Crippen molar-refractivity contribution in [2.75, 3.05) is 17.2 Å². The fourth-order valence-electron chi connectivity index (χ4n) is 4.00. The van der Waals surface area contributed by atoms with E-state index in [1.165, 1.54) is 22.6 Å². The average molecular weight is 425 g/mol. The lowest BCUT2D eigenvalue weighted by molar-refractivity contribution is 0.418. The maximum absolute atomic E-state index is 13.2. The van der Waals surface area contributed by atoms with E-state index >= 15 is 0 Å². The van der Waals surface area contributed by atoms with Gasteiger partial charge in [0.2, 0.25) is 5.95 Å². The molecule has 9 heteroatoms. The first-order valence-corrected chi connectivity index (χ1v) is 10.7. The molecule has 4 rings (SSSR count). The number of halogens is 1. The average Bonchev–Trinajstić information content (AvgIpc) is 3.16. The SMILES string of the molecule is CC(CNc1nc(NCc2cnn(C)n2)nc2c1CCCC2(C)C)c1ccc(F)cn1. The molecule has 164 valence electrons. The molecule has 0 saturated heterocycles. The molecule has 0 fully saturated rings. The van der Waals surface area contributed by atoms with Crippen LogP contribution in [-0.2, 0) is 25.4 Å². The Morgan fingerprint density at radius 1 is 1.19 bits per heavy atom. The monoisotopic (exact) mass is 424 g/mol. The van der Waals surface area contributed by atoms with Crippen molar-refractivity contribution in [3.8, 4) is 0 Å². The molecule has 31 heavy (non-hydrogen) atoms. The Morgan fingerprint density at radius 3 is 2.74 bits per heavy atom. The van der Waals surface area contributed by atoms with Gasteiger partial charge in [0.25, 0.3) is 0 Å². The number of nitrogens with one attached hydrogen (secondary N) is 2. The van der Waals surface area contributed by atoms with Crippen LogP contribution in [0.5, 0.6) is 0 Å². The lowest BCUT2D eigenvalue weighted by Crippen LogP contribution is -2.28.